The molecule has 8 heteroatoms. The molecule has 1 unspecified atom stereocenters. The van der Waals surface area contributed by atoms with Crippen LogP contribution in [0.2, 0.25) is 0 Å². The number of rotatable bonds is 2. The van der Waals surface area contributed by atoms with Gasteiger partial charge in [0, 0.05) is 6.20 Å². The number of nitrogens with one attached hydrogen (secondary N) is 1. The largest absolute Gasteiger partial charge is 0.387 e. The molecule has 0 aliphatic carbocycles. The van der Waals surface area contributed by atoms with Gasteiger partial charge in [-0.25, -0.2) is 4.79 Å². The predicted octanol–water partition coefficient (Wildman–Crippen LogP) is -0.421. The number of hydrogen-bond acceptors (Lipinski definition) is 5. The van der Waals surface area contributed by atoms with Crippen molar-refractivity contribution in [2.24, 2.45) is 0 Å². The van der Waals surface area contributed by atoms with Crippen LogP contribution in [0.1, 0.15) is 19.6 Å². The van der Waals surface area contributed by atoms with Gasteiger partial charge in [0.1, 0.15) is 17.8 Å². The van der Waals surface area contributed by atoms with Crippen LogP contribution < -0.4 is 11.2 Å². The van der Waals surface area contributed by atoms with Gasteiger partial charge in [0.15, 0.2) is 6.23 Å². The second kappa shape index (κ2) is 4.40. The summed E-state index contributed by atoms with van der Waals surface area (Å²) in [4.78, 5) is 25.4. The Morgan fingerprint density at radius 2 is 2.37 bits per heavy atom. The van der Waals surface area contributed by atoms with Crippen molar-refractivity contribution >= 4 is 22.6 Å². The van der Waals surface area contributed by atoms with Gasteiger partial charge < -0.3 is 14.6 Å². The van der Waals surface area contributed by atoms with Gasteiger partial charge in [-0.2, -0.15) is 0 Å². The maximum atomic E-state index is 11.8. The van der Waals surface area contributed by atoms with Crippen molar-refractivity contribution in [3.63, 3.8) is 0 Å². The molecular formula is C11H13IN2O5. The highest BCUT2D eigenvalue weighted by Gasteiger charge is 2.60. The van der Waals surface area contributed by atoms with Crippen molar-refractivity contribution in [2.45, 2.75) is 37.4 Å². The van der Waals surface area contributed by atoms with Crippen molar-refractivity contribution in [1.82, 2.24) is 9.55 Å². The highest BCUT2D eigenvalue weighted by Crippen LogP contribution is 2.46. The van der Waals surface area contributed by atoms with Gasteiger partial charge in [-0.15, -0.1) is 0 Å². The van der Waals surface area contributed by atoms with E-state index in [9.17, 15) is 14.7 Å². The van der Waals surface area contributed by atoms with E-state index in [0.29, 0.717) is 16.6 Å². The first-order valence-corrected chi connectivity index (χ1v) is 7.05. The topological polar surface area (TPSA) is 93.5 Å². The van der Waals surface area contributed by atoms with E-state index in [4.69, 9.17) is 9.47 Å². The number of ether oxygens (including phenoxy) is 2. The Morgan fingerprint density at radius 1 is 1.63 bits per heavy atom. The van der Waals surface area contributed by atoms with E-state index in [0.717, 1.165) is 0 Å². The zero-order valence-corrected chi connectivity index (χ0v) is 12.3. The normalized spacial score (nSPS) is 36.9. The average molecular weight is 380 g/mol. The van der Waals surface area contributed by atoms with Gasteiger partial charge in [0.2, 0.25) is 0 Å². The van der Waals surface area contributed by atoms with Crippen LogP contribution in [0.5, 0.6) is 0 Å². The van der Waals surface area contributed by atoms with Crippen molar-refractivity contribution in [1.29, 1.82) is 0 Å². The van der Waals surface area contributed by atoms with Crippen LogP contribution in [-0.2, 0) is 9.47 Å². The van der Waals surface area contributed by atoms with Crippen LogP contribution in [0, 0.1) is 3.57 Å². The van der Waals surface area contributed by atoms with Gasteiger partial charge >= 0.3 is 5.69 Å². The number of hydrogen-bond donors (Lipinski definition) is 2. The van der Waals surface area contributed by atoms with Crippen LogP contribution >= 0.6 is 22.6 Å². The number of aromatic nitrogens is 2. The molecule has 0 spiro atoms. The molecule has 19 heavy (non-hydrogen) atoms. The van der Waals surface area contributed by atoms with Crippen molar-refractivity contribution < 1.29 is 14.6 Å². The summed E-state index contributed by atoms with van der Waals surface area (Å²) >= 11 is 1.84. The quantitative estimate of drug-likeness (QED) is 0.680. The Kier molecular flexibility index (Phi) is 3.08. The molecule has 7 nitrogen and oxygen atoms in total. The molecule has 2 fully saturated rings. The molecule has 0 saturated carbocycles. The van der Waals surface area contributed by atoms with E-state index < -0.39 is 35.3 Å². The third-order valence-corrected chi connectivity index (χ3v) is 4.57. The monoisotopic (exact) mass is 380 g/mol. The Morgan fingerprint density at radius 3 is 3.00 bits per heavy atom. The molecule has 2 aliphatic heterocycles. The maximum absolute atomic E-state index is 11.8. The first-order valence-electron chi connectivity index (χ1n) is 5.97. The van der Waals surface area contributed by atoms with Crippen LogP contribution in [0.4, 0.5) is 0 Å². The van der Waals surface area contributed by atoms with E-state index in [-0.39, 0.29) is 0 Å². The zero-order valence-electron chi connectivity index (χ0n) is 10.1. The molecular weight excluding hydrogens is 367 g/mol. The molecule has 1 aromatic heterocycles. The maximum Gasteiger partial charge on any atom is 0.330 e. The summed E-state index contributed by atoms with van der Waals surface area (Å²) in [6, 6.07) is 0. The number of H-pyrrole nitrogens is 1. The first-order chi connectivity index (χ1) is 8.98. The molecule has 2 saturated heterocycles. The van der Waals surface area contributed by atoms with Crippen LogP contribution in [0.25, 0.3) is 0 Å². The minimum atomic E-state index is -0.765. The van der Waals surface area contributed by atoms with Crippen molar-refractivity contribution in [3.8, 4) is 0 Å². The summed E-state index contributed by atoms with van der Waals surface area (Å²) in [6.45, 7) is 2.22. The van der Waals surface area contributed by atoms with Gasteiger partial charge in [-0.3, -0.25) is 14.3 Å². The summed E-state index contributed by atoms with van der Waals surface area (Å²) in [5, 5.41) is 10.2. The average Bonchev–Trinajstić information content (AvgIpc) is 2.85. The minimum absolute atomic E-state index is 0.320. The van der Waals surface area contributed by atoms with Crippen LogP contribution in [0.3, 0.4) is 0 Å². The number of nitrogens with zero attached hydrogens (tertiary/aromatic N) is 1. The minimum Gasteiger partial charge on any atom is -0.387 e. The molecule has 3 rings (SSSR count). The number of halogens is 1. The lowest BCUT2D eigenvalue weighted by molar-refractivity contribution is -0.175. The lowest BCUT2D eigenvalue weighted by Crippen LogP contribution is -2.41. The summed E-state index contributed by atoms with van der Waals surface area (Å²) in [5.74, 6) is 0. The molecule has 1 aromatic rings. The number of aromatic amines is 1. The van der Waals surface area contributed by atoms with Gasteiger partial charge in [-0.05, 0) is 29.0 Å². The Bertz CT molecular complexity index is 626. The predicted molar refractivity (Wildman–Crippen MR) is 72.9 cm³/mol. The fourth-order valence-electron chi connectivity index (χ4n) is 2.62. The Labute approximate surface area is 121 Å². The lowest BCUT2D eigenvalue weighted by Gasteiger charge is -2.30. The van der Waals surface area contributed by atoms with Crippen molar-refractivity contribution in [3.05, 3.63) is 30.6 Å². The van der Waals surface area contributed by atoms with Crippen LogP contribution in [-0.4, -0.2) is 39.1 Å². The summed E-state index contributed by atoms with van der Waals surface area (Å²) < 4.78 is 13.0. The SMILES string of the molecule is CC[C@@]12CO[C@H](C1O)[C@H](n1cc(I)c(=O)[nH]c1=O)O2. The smallest absolute Gasteiger partial charge is 0.330 e. The standard InChI is InChI=1S/C11H13IN2O5/c1-2-11-4-18-6(7(11)15)9(19-11)14-3-5(12)8(16)13-10(14)17/h3,6-7,9,15H,2,4H2,1H3,(H,13,16,17)/t6-,7?,9-,11-/m1/s1. The van der Waals surface area contributed by atoms with E-state index in [1.54, 1.807) is 0 Å². The zero-order chi connectivity index (χ0) is 13.8. The first kappa shape index (κ1) is 13.3. The fourth-order valence-corrected chi connectivity index (χ4v) is 3.06. The number of aliphatic hydroxyl groups excluding tert-OH is 1. The number of fused-ring (bicyclic) bond motifs is 2. The molecule has 4 atom stereocenters. The summed E-state index contributed by atoms with van der Waals surface area (Å²) in [7, 11) is 0. The molecule has 2 N–H and O–H groups in total. The van der Waals surface area contributed by atoms with Gasteiger partial charge in [0.25, 0.3) is 5.56 Å². The Hall–Kier alpha value is -0.710. The second-order valence-electron chi connectivity index (χ2n) is 4.79. The molecule has 0 amide bonds. The molecule has 104 valence electrons. The molecule has 2 bridgehead atoms. The third-order valence-electron chi connectivity index (χ3n) is 3.80. The van der Waals surface area contributed by atoms with Gasteiger partial charge in [-0.1, -0.05) is 6.92 Å². The Balaban J connectivity index is 2.04. The molecule has 2 aliphatic rings. The fraction of sp³-hybridized carbons (Fsp3) is 0.636. The molecule has 0 aromatic carbocycles. The highest BCUT2D eigenvalue weighted by molar-refractivity contribution is 14.1. The van der Waals surface area contributed by atoms with Crippen LogP contribution in [0.15, 0.2) is 15.8 Å². The van der Waals surface area contributed by atoms with E-state index >= 15 is 0 Å². The van der Waals surface area contributed by atoms with Gasteiger partial charge in [0.05, 0.1) is 10.2 Å². The molecule has 0 radical (unpaired) electrons. The summed E-state index contributed by atoms with van der Waals surface area (Å²) in [6.07, 6.45) is -0.0389. The van der Waals surface area contributed by atoms with E-state index in [2.05, 4.69) is 4.98 Å². The van der Waals surface area contributed by atoms with E-state index in [1.165, 1.54) is 10.8 Å². The van der Waals surface area contributed by atoms with Crippen molar-refractivity contribution in [2.75, 3.05) is 6.61 Å². The second-order valence-corrected chi connectivity index (χ2v) is 5.95. The molecule has 3 heterocycles. The highest BCUT2D eigenvalue weighted by atomic mass is 127. The van der Waals surface area contributed by atoms with E-state index in [1.807, 2.05) is 29.5 Å². The third kappa shape index (κ3) is 1.81. The number of aliphatic hydroxyl groups is 1. The lowest BCUT2D eigenvalue weighted by atomic mass is 9.96. The summed E-state index contributed by atoms with van der Waals surface area (Å²) in [5.41, 5.74) is -1.75.